The van der Waals surface area contributed by atoms with Crippen molar-refractivity contribution < 1.29 is 23.5 Å². The Hall–Kier alpha value is -3.36. The van der Waals surface area contributed by atoms with Crippen LogP contribution in [-0.2, 0) is 19.1 Å². The number of aromatic nitrogens is 2. The van der Waals surface area contributed by atoms with Crippen molar-refractivity contribution in [3.05, 3.63) is 58.0 Å². The molecule has 1 N–H and O–H groups in total. The fraction of sp³-hybridized carbons (Fsp3) is 0.458. The fourth-order valence-electron chi connectivity index (χ4n) is 3.41. The molecule has 0 bridgehead atoms. The van der Waals surface area contributed by atoms with E-state index < -0.39 is 53.9 Å². The van der Waals surface area contributed by atoms with Crippen LogP contribution in [0.5, 0.6) is 0 Å². The number of para-hydroxylation sites is 1. The van der Waals surface area contributed by atoms with Crippen molar-refractivity contribution in [2.75, 3.05) is 6.67 Å². The van der Waals surface area contributed by atoms with Crippen molar-refractivity contribution in [2.24, 2.45) is 0 Å². The third kappa shape index (κ3) is 6.81. The van der Waals surface area contributed by atoms with Crippen LogP contribution >= 0.6 is 0 Å². The Labute approximate surface area is 192 Å². The minimum absolute atomic E-state index is 0.220. The zero-order valence-corrected chi connectivity index (χ0v) is 19.6. The number of nitrogens with one attached hydrogen (secondary N) is 1. The van der Waals surface area contributed by atoms with E-state index in [9.17, 15) is 23.6 Å². The van der Waals surface area contributed by atoms with Crippen LogP contribution in [0.15, 0.2) is 41.3 Å². The van der Waals surface area contributed by atoms with E-state index in [0.29, 0.717) is 11.3 Å². The highest BCUT2D eigenvalue weighted by Crippen LogP contribution is 2.21. The van der Waals surface area contributed by atoms with Gasteiger partial charge in [-0.3, -0.25) is 19.2 Å². The molecule has 178 valence electrons. The maximum absolute atomic E-state index is 13.2. The average Bonchev–Trinajstić information content (AvgIpc) is 2.74. The normalized spacial score (nSPS) is 13.2. The molecule has 0 fully saturated rings. The van der Waals surface area contributed by atoms with Gasteiger partial charge in [-0.25, -0.2) is 4.39 Å². The molecule has 0 radical (unpaired) electrons. The quantitative estimate of drug-likeness (QED) is 0.578. The summed E-state index contributed by atoms with van der Waals surface area (Å²) in [6, 6.07) is 7.35. The molecule has 0 aliphatic carbocycles. The van der Waals surface area contributed by atoms with Gasteiger partial charge in [-0.2, -0.15) is 9.78 Å². The third-order valence-corrected chi connectivity index (χ3v) is 4.92. The molecule has 0 aliphatic heterocycles. The number of hydrogen-bond donors (Lipinski definition) is 1. The molecule has 8 nitrogen and oxygen atoms in total. The smallest absolute Gasteiger partial charge is 0.308 e. The summed E-state index contributed by atoms with van der Waals surface area (Å²) in [6.07, 6.45) is 1.22. The highest BCUT2D eigenvalue weighted by Gasteiger charge is 2.31. The van der Waals surface area contributed by atoms with Gasteiger partial charge in [0.05, 0.1) is 24.2 Å². The number of benzene rings is 1. The lowest BCUT2D eigenvalue weighted by Crippen LogP contribution is -2.46. The summed E-state index contributed by atoms with van der Waals surface area (Å²) >= 11 is 0. The number of amides is 1. The van der Waals surface area contributed by atoms with Gasteiger partial charge in [-0.1, -0.05) is 25.1 Å². The van der Waals surface area contributed by atoms with Gasteiger partial charge in [0.1, 0.15) is 18.3 Å². The second-order valence-electron chi connectivity index (χ2n) is 8.71. The molecule has 2 atom stereocenters. The SMILES string of the molecule is CCC(C(=O)NC(CC(=O)OC(C)(C)C)C(=O)CF)c1c(C)cnn(-c2ccccc2)c1=O. The number of aryl methyl sites for hydroxylation is 1. The van der Waals surface area contributed by atoms with E-state index in [1.807, 2.05) is 0 Å². The first-order valence-electron chi connectivity index (χ1n) is 10.7. The molecule has 2 unspecified atom stereocenters. The molecule has 1 heterocycles. The fourth-order valence-corrected chi connectivity index (χ4v) is 3.41. The molecular formula is C24H30FN3O5. The molecule has 1 aromatic carbocycles. The third-order valence-electron chi connectivity index (χ3n) is 4.92. The molecule has 0 aliphatic rings. The Balaban J connectivity index is 2.35. The minimum Gasteiger partial charge on any atom is -0.460 e. The number of halogens is 1. The Morgan fingerprint density at radius 2 is 1.82 bits per heavy atom. The number of Topliss-reactive ketones (excluding diaryl/α,β-unsaturated/α-hetero) is 1. The molecule has 2 aromatic rings. The van der Waals surface area contributed by atoms with Crippen LogP contribution in [0.2, 0.25) is 0 Å². The van der Waals surface area contributed by atoms with Crippen molar-refractivity contribution in [1.82, 2.24) is 15.1 Å². The lowest BCUT2D eigenvalue weighted by atomic mass is 9.93. The van der Waals surface area contributed by atoms with Crippen molar-refractivity contribution in [1.29, 1.82) is 0 Å². The number of alkyl halides is 1. The summed E-state index contributed by atoms with van der Waals surface area (Å²) in [5.74, 6) is -3.27. The summed E-state index contributed by atoms with van der Waals surface area (Å²) in [7, 11) is 0. The highest BCUT2D eigenvalue weighted by molar-refractivity contribution is 5.94. The summed E-state index contributed by atoms with van der Waals surface area (Å²) < 4.78 is 19.5. The molecule has 0 saturated carbocycles. The van der Waals surface area contributed by atoms with Crippen molar-refractivity contribution in [3.63, 3.8) is 0 Å². The topological polar surface area (TPSA) is 107 Å². The molecule has 0 spiro atoms. The van der Waals surface area contributed by atoms with Crippen LogP contribution in [0, 0.1) is 6.92 Å². The number of hydrogen-bond acceptors (Lipinski definition) is 6. The Morgan fingerprint density at radius 1 is 1.18 bits per heavy atom. The first-order valence-corrected chi connectivity index (χ1v) is 10.7. The van der Waals surface area contributed by atoms with Crippen LogP contribution in [0.4, 0.5) is 4.39 Å². The van der Waals surface area contributed by atoms with E-state index in [1.165, 1.54) is 10.9 Å². The zero-order valence-electron chi connectivity index (χ0n) is 19.6. The van der Waals surface area contributed by atoms with Crippen LogP contribution in [0.3, 0.4) is 0 Å². The van der Waals surface area contributed by atoms with Gasteiger partial charge < -0.3 is 10.1 Å². The number of rotatable bonds is 9. The molecule has 2 rings (SSSR count). The molecule has 0 saturated heterocycles. The van der Waals surface area contributed by atoms with Crippen LogP contribution in [-0.4, -0.2) is 45.8 Å². The van der Waals surface area contributed by atoms with E-state index >= 15 is 0 Å². The largest absolute Gasteiger partial charge is 0.460 e. The van der Waals surface area contributed by atoms with E-state index in [4.69, 9.17) is 4.74 Å². The van der Waals surface area contributed by atoms with Gasteiger partial charge in [0.25, 0.3) is 5.56 Å². The Bertz CT molecular complexity index is 1060. The lowest BCUT2D eigenvalue weighted by Gasteiger charge is -2.24. The molecular weight excluding hydrogens is 429 g/mol. The molecule has 33 heavy (non-hydrogen) atoms. The van der Waals surface area contributed by atoms with Crippen molar-refractivity contribution >= 4 is 17.7 Å². The minimum atomic E-state index is -1.40. The first kappa shape index (κ1) is 25.9. The van der Waals surface area contributed by atoms with Gasteiger partial charge in [0, 0.05) is 5.56 Å². The number of esters is 1. The highest BCUT2D eigenvalue weighted by atomic mass is 19.1. The second kappa shape index (κ2) is 11.0. The molecule has 1 amide bonds. The summed E-state index contributed by atoms with van der Waals surface area (Å²) in [5, 5.41) is 6.62. The van der Waals surface area contributed by atoms with Crippen molar-refractivity contribution in [2.45, 2.75) is 65.0 Å². The average molecular weight is 460 g/mol. The summed E-state index contributed by atoms with van der Waals surface area (Å²) in [5.41, 5.74) is -0.00192. The van der Waals surface area contributed by atoms with Crippen molar-refractivity contribution in [3.8, 4) is 5.69 Å². The number of nitrogens with zero attached hydrogens (tertiary/aromatic N) is 2. The number of ether oxygens (including phenoxy) is 1. The Morgan fingerprint density at radius 3 is 2.36 bits per heavy atom. The van der Waals surface area contributed by atoms with E-state index in [2.05, 4.69) is 10.4 Å². The van der Waals surface area contributed by atoms with E-state index in [1.54, 1.807) is 65.0 Å². The van der Waals surface area contributed by atoms with Crippen LogP contribution in [0.25, 0.3) is 5.69 Å². The standard InChI is InChI=1S/C24H30FN3O5/c1-6-17(21-15(2)14-26-28(23(21)32)16-10-8-7-9-11-16)22(31)27-18(19(29)13-25)12-20(30)33-24(3,4)5/h7-11,14,17-18H,6,12-13H2,1-5H3,(H,27,31). The first-order chi connectivity index (χ1) is 15.5. The van der Waals surface area contributed by atoms with E-state index in [-0.39, 0.29) is 12.0 Å². The second-order valence-corrected chi connectivity index (χ2v) is 8.71. The monoisotopic (exact) mass is 459 g/mol. The maximum Gasteiger partial charge on any atom is 0.308 e. The van der Waals surface area contributed by atoms with Gasteiger partial charge in [0.15, 0.2) is 5.78 Å². The number of ketones is 1. The maximum atomic E-state index is 13.2. The van der Waals surface area contributed by atoms with Gasteiger partial charge in [-0.15, -0.1) is 0 Å². The van der Waals surface area contributed by atoms with Crippen LogP contribution < -0.4 is 10.9 Å². The van der Waals surface area contributed by atoms with E-state index in [0.717, 1.165) is 0 Å². The Kier molecular flexibility index (Phi) is 8.62. The van der Waals surface area contributed by atoms with Gasteiger partial charge in [-0.05, 0) is 51.8 Å². The number of carbonyl (C=O) groups excluding carboxylic acids is 3. The van der Waals surface area contributed by atoms with Gasteiger partial charge >= 0.3 is 5.97 Å². The van der Waals surface area contributed by atoms with Gasteiger partial charge in [0.2, 0.25) is 5.91 Å². The predicted molar refractivity (Wildman–Crippen MR) is 121 cm³/mol. The summed E-state index contributed by atoms with van der Waals surface area (Å²) in [4.78, 5) is 50.6. The van der Waals surface area contributed by atoms with Crippen LogP contribution in [0.1, 0.15) is 57.6 Å². The lowest BCUT2D eigenvalue weighted by molar-refractivity contribution is -0.156. The molecule has 1 aromatic heterocycles. The zero-order chi connectivity index (χ0) is 24.8. The predicted octanol–water partition coefficient (Wildman–Crippen LogP) is 2.79. The number of carbonyl (C=O) groups is 3. The summed E-state index contributed by atoms with van der Waals surface area (Å²) in [6.45, 7) is 7.02. The molecule has 9 heteroatoms.